The monoisotopic (exact) mass is 344 g/mol. The van der Waals surface area contributed by atoms with Crippen LogP contribution in [-0.2, 0) is 4.79 Å². The number of pyridine rings is 2. The zero-order valence-corrected chi connectivity index (χ0v) is 13.6. The Labute approximate surface area is 143 Å². The van der Waals surface area contributed by atoms with E-state index in [0.29, 0.717) is 5.69 Å². The number of aromatic nitrogens is 2. The molecule has 0 saturated heterocycles. The van der Waals surface area contributed by atoms with Crippen molar-refractivity contribution in [2.75, 3.05) is 5.75 Å². The Morgan fingerprint density at radius 1 is 1.17 bits per heavy atom. The first-order chi connectivity index (χ1) is 11.5. The van der Waals surface area contributed by atoms with Gasteiger partial charge in [-0.15, -0.1) is 11.8 Å². The summed E-state index contributed by atoms with van der Waals surface area (Å²) in [7, 11) is 0. The van der Waals surface area contributed by atoms with E-state index in [1.165, 1.54) is 12.3 Å². The van der Waals surface area contributed by atoms with Crippen molar-refractivity contribution >= 4 is 23.7 Å². The zero-order chi connectivity index (χ0) is 17.2. The number of rotatable bonds is 7. The van der Waals surface area contributed by atoms with E-state index in [-0.39, 0.29) is 17.4 Å². The summed E-state index contributed by atoms with van der Waals surface area (Å²) < 4.78 is 0. The highest BCUT2D eigenvalue weighted by molar-refractivity contribution is 7.99. The molecule has 24 heavy (non-hydrogen) atoms. The maximum Gasteiger partial charge on any atom is 0.337 e. The third kappa shape index (κ3) is 3.73. The summed E-state index contributed by atoms with van der Waals surface area (Å²) in [6.45, 7) is 0. The Hall–Kier alpha value is -2.41. The molecule has 0 aliphatic heterocycles. The fourth-order valence-electron chi connectivity index (χ4n) is 2.48. The molecule has 7 heteroatoms. The van der Waals surface area contributed by atoms with Gasteiger partial charge in [0.05, 0.1) is 17.7 Å². The van der Waals surface area contributed by atoms with E-state index in [2.05, 4.69) is 9.97 Å². The van der Waals surface area contributed by atoms with E-state index in [0.717, 1.165) is 29.1 Å². The second-order valence-corrected chi connectivity index (χ2v) is 6.99. The number of carboxylic acid groups (broad SMARTS) is 2. The van der Waals surface area contributed by atoms with Crippen LogP contribution >= 0.6 is 11.8 Å². The number of nitrogens with zero attached hydrogens (tertiary/aromatic N) is 2. The van der Waals surface area contributed by atoms with Crippen molar-refractivity contribution in [2.45, 2.75) is 24.2 Å². The van der Waals surface area contributed by atoms with Gasteiger partial charge in [0, 0.05) is 34.8 Å². The van der Waals surface area contributed by atoms with Crippen LogP contribution in [0.5, 0.6) is 0 Å². The Balaban J connectivity index is 1.78. The van der Waals surface area contributed by atoms with Crippen molar-refractivity contribution in [2.24, 2.45) is 5.41 Å². The number of aliphatic carboxylic acids is 1. The standard InChI is InChI=1S/C17H16N2O4S/c20-15(21)7-17(4-5-17)10-24-14-3-6-18-9-12(14)13-2-1-11(8-19-13)16(22)23/h1-3,6,8-9H,4-5,7,10H2,(H,20,21)(H,22,23). The van der Waals surface area contributed by atoms with Crippen molar-refractivity contribution in [1.29, 1.82) is 0 Å². The first kappa shape index (κ1) is 16.4. The maximum atomic E-state index is 11.0. The molecule has 2 heterocycles. The highest BCUT2D eigenvalue weighted by atomic mass is 32.2. The molecular weight excluding hydrogens is 328 g/mol. The van der Waals surface area contributed by atoms with Crippen molar-refractivity contribution in [3.8, 4) is 11.3 Å². The number of hydrogen-bond donors (Lipinski definition) is 2. The van der Waals surface area contributed by atoms with Crippen molar-refractivity contribution in [3.05, 3.63) is 42.4 Å². The second-order valence-electron chi connectivity index (χ2n) is 5.97. The Kier molecular flexibility index (Phi) is 4.53. The molecule has 1 aliphatic carbocycles. The predicted molar refractivity (Wildman–Crippen MR) is 89.1 cm³/mol. The van der Waals surface area contributed by atoms with Gasteiger partial charge in [0.1, 0.15) is 0 Å². The highest BCUT2D eigenvalue weighted by Gasteiger charge is 2.44. The van der Waals surface area contributed by atoms with E-state index in [4.69, 9.17) is 10.2 Å². The number of thioether (sulfide) groups is 1. The lowest BCUT2D eigenvalue weighted by molar-refractivity contribution is -0.138. The van der Waals surface area contributed by atoms with Gasteiger partial charge in [-0.3, -0.25) is 14.8 Å². The van der Waals surface area contributed by atoms with E-state index in [1.807, 2.05) is 6.07 Å². The van der Waals surface area contributed by atoms with Crippen LogP contribution in [0.15, 0.2) is 41.7 Å². The summed E-state index contributed by atoms with van der Waals surface area (Å²) in [5, 5.41) is 18.0. The van der Waals surface area contributed by atoms with Crippen LogP contribution in [0.25, 0.3) is 11.3 Å². The summed E-state index contributed by atoms with van der Waals surface area (Å²) in [4.78, 5) is 31.2. The molecule has 0 amide bonds. The number of carbonyl (C=O) groups is 2. The van der Waals surface area contributed by atoms with Gasteiger partial charge in [-0.05, 0) is 36.5 Å². The van der Waals surface area contributed by atoms with E-state index >= 15 is 0 Å². The normalized spacial score (nSPS) is 15.0. The topological polar surface area (TPSA) is 100 Å². The van der Waals surface area contributed by atoms with Gasteiger partial charge >= 0.3 is 11.9 Å². The summed E-state index contributed by atoms with van der Waals surface area (Å²) >= 11 is 1.60. The summed E-state index contributed by atoms with van der Waals surface area (Å²) in [6.07, 6.45) is 6.80. The third-order valence-electron chi connectivity index (χ3n) is 4.08. The molecule has 0 radical (unpaired) electrons. The van der Waals surface area contributed by atoms with E-state index < -0.39 is 11.9 Å². The van der Waals surface area contributed by atoms with Gasteiger partial charge in [0.25, 0.3) is 0 Å². The average Bonchev–Trinajstić information content (AvgIpc) is 3.32. The van der Waals surface area contributed by atoms with Gasteiger partial charge < -0.3 is 10.2 Å². The van der Waals surface area contributed by atoms with Gasteiger partial charge in [0.15, 0.2) is 0 Å². The van der Waals surface area contributed by atoms with E-state index in [1.54, 1.807) is 30.2 Å². The average molecular weight is 344 g/mol. The first-order valence-electron chi connectivity index (χ1n) is 7.47. The fourth-order valence-corrected chi connectivity index (χ4v) is 3.80. The minimum atomic E-state index is -1.01. The second kappa shape index (κ2) is 6.60. The number of aromatic carboxylic acids is 1. The van der Waals surface area contributed by atoms with Gasteiger partial charge in [-0.2, -0.15) is 0 Å². The Morgan fingerprint density at radius 2 is 1.96 bits per heavy atom. The molecule has 124 valence electrons. The number of hydrogen-bond acceptors (Lipinski definition) is 5. The minimum Gasteiger partial charge on any atom is -0.481 e. The molecule has 2 aromatic rings. The van der Waals surface area contributed by atoms with Crippen LogP contribution in [0, 0.1) is 5.41 Å². The first-order valence-corrected chi connectivity index (χ1v) is 8.46. The Morgan fingerprint density at radius 3 is 2.54 bits per heavy atom. The quantitative estimate of drug-likeness (QED) is 0.744. The molecule has 0 unspecified atom stereocenters. The van der Waals surface area contributed by atoms with Crippen molar-refractivity contribution < 1.29 is 19.8 Å². The van der Waals surface area contributed by atoms with Crippen LogP contribution in [0.2, 0.25) is 0 Å². The van der Waals surface area contributed by atoms with Gasteiger partial charge in [0.2, 0.25) is 0 Å². The zero-order valence-electron chi connectivity index (χ0n) is 12.8. The molecule has 1 fully saturated rings. The lowest BCUT2D eigenvalue weighted by atomic mass is 10.1. The Bertz CT molecular complexity index is 772. The van der Waals surface area contributed by atoms with Crippen molar-refractivity contribution in [1.82, 2.24) is 9.97 Å². The van der Waals surface area contributed by atoms with Crippen LogP contribution in [0.3, 0.4) is 0 Å². The molecule has 2 aromatic heterocycles. The van der Waals surface area contributed by atoms with Gasteiger partial charge in [-0.25, -0.2) is 4.79 Å². The summed E-state index contributed by atoms with van der Waals surface area (Å²) in [6, 6.07) is 5.05. The summed E-state index contributed by atoms with van der Waals surface area (Å²) in [5.74, 6) is -1.03. The molecule has 2 N–H and O–H groups in total. The highest BCUT2D eigenvalue weighted by Crippen LogP contribution is 2.52. The largest absolute Gasteiger partial charge is 0.481 e. The smallest absolute Gasteiger partial charge is 0.337 e. The molecule has 1 aliphatic rings. The van der Waals surface area contributed by atoms with Crippen LogP contribution in [0.1, 0.15) is 29.6 Å². The van der Waals surface area contributed by atoms with Crippen LogP contribution in [-0.4, -0.2) is 37.9 Å². The molecule has 3 rings (SSSR count). The SMILES string of the molecule is O=C(O)CC1(CSc2ccncc2-c2ccc(C(=O)O)cn2)CC1. The lowest BCUT2D eigenvalue weighted by Gasteiger charge is -2.13. The van der Waals surface area contributed by atoms with Crippen molar-refractivity contribution in [3.63, 3.8) is 0 Å². The van der Waals surface area contributed by atoms with Gasteiger partial charge in [-0.1, -0.05) is 0 Å². The fraction of sp³-hybridized carbons (Fsp3) is 0.294. The minimum absolute atomic E-state index is 0.0996. The molecule has 6 nitrogen and oxygen atoms in total. The summed E-state index contributed by atoms with van der Waals surface area (Å²) in [5.41, 5.74) is 1.51. The molecule has 0 aromatic carbocycles. The maximum absolute atomic E-state index is 11.0. The molecular formula is C17H16N2O4S. The third-order valence-corrected chi connectivity index (χ3v) is 5.51. The van der Waals surface area contributed by atoms with Crippen LogP contribution in [0.4, 0.5) is 0 Å². The molecule has 0 spiro atoms. The van der Waals surface area contributed by atoms with E-state index in [9.17, 15) is 9.59 Å². The molecule has 0 atom stereocenters. The predicted octanol–water partition coefficient (Wildman–Crippen LogP) is 3.19. The molecule has 1 saturated carbocycles. The molecule has 0 bridgehead atoms. The van der Waals surface area contributed by atoms with Crippen LogP contribution < -0.4 is 0 Å². The number of carboxylic acids is 2. The lowest BCUT2D eigenvalue weighted by Crippen LogP contribution is -2.11.